The average molecular weight is 1060 g/mol. The van der Waals surface area contributed by atoms with Crippen molar-refractivity contribution >= 4 is 13.7 Å². The van der Waals surface area contributed by atoms with Crippen LogP contribution in [0.1, 0.15) is 271 Å². The highest BCUT2D eigenvalue weighted by Crippen LogP contribution is 2.38. The smallest absolute Gasteiger partial charge is 0.268 e. The van der Waals surface area contributed by atoms with Crippen molar-refractivity contribution in [3.63, 3.8) is 0 Å². The Bertz CT molecular complexity index is 1480. The van der Waals surface area contributed by atoms with Crippen molar-refractivity contribution < 1.29 is 32.9 Å². The number of aliphatic hydroxyl groups excluding tert-OH is 1. The van der Waals surface area contributed by atoms with Crippen molar-refractivity contribution in [1.29, 1.82) is 0 Å². The van der Waals surface area contributed by atoms with Gasteiger partial charge in [-0.05, 0) is 70.6 Å². The van der Waals surface area contributed by atoms with Gasteiger partial charge in [-0.1, -0.05) is 279 Å². The number of rotatable bonds is 56. The summed E-state index contributed by atoms with van der Waals surface area (Å²) in [6, 6.07) is -0.805. The Morgan fingerprint density at radius 2 is 0.824 bits per heavy atom. The highest BCUT2D eigenvalue weighted by Gasteiger charge is 2.24. The fourth-order valence-corrected chi connectivity index (χ4v) is 9.57. The lowest BCUT2D eigenvalue weighted by Gasteiger charge is -2.30. The van der Waals surface area contributed by atoms with Gasteiger partial charge in [-0.15, -0.1) is 0 Å². The summed E-state index contributed by atoms with van der Waals surface area (Å²) in [4.78, 5) is 25.6. The molecule has 3 atom stereocenters. The van der Waals surface area contributed by atoms with E-state index in [9.17, 15) is 19.4 Å². The van der Waals surface area contributed by atoms with Crippen LogP contribution >= 0.6 is 7.82 Å². The van der Waals surface area contributed by atoms with Crippen molar-refractivity contribution in [1.82, 2.24) is 5.32 Å². The minimum atomic E-state index is -4.58. The molecule has 0 aromatic carbocycles. The van der Waals surface area contributed by atoms with Crippen LogP contribution < -0.4 is 10.2 Å². The molecule has 0 heterocycles. The van der Waals surface area contributed by atoms with Crippen LogP contribution in [0.2, 0.25) is 0 Å². The summed E-state index contributed by atoms with van der Waals surface area (Å²) < 4.78 is 23.4. The van der Waals surface area contributed by atoms with E-state index in [1.165, 1.54) is 161 Å². The Morgan fingerprint density at radius 3 is 1.20 bits per heavy atom. The number of aliphatic hydroxyl groups is 1. The molecular formula is C65H119N2O6P. The van der Waals surface area contributed by atoms with Gasteiger partial charge in [-0.3, -0.25) is 9.36 Å². The molecule has 1 amide bonds. The summed E-state index contributed by atoms with van der Waals surface area (Å²) in [5.74, 6) is -0.167. The van der Waals surface area contributed by atoms with Crippen LogP contribution in [0, 0.1) is 0 Å². The molecular weight excluding hydrogens is 936 g/mol. The van der Waals surface area contributed by atoms with E-state index in [0.717, 1.165) is 83.5 Å². The van der Waals surface area contributed by atoms with Crippen molar-refractivity contribution in [3.05, 3.63) is 85.1 Å². The van der Waals surface area contributed by atoms with Crippen molar-refractivity contribution in [2.24, 2.45) is 0 Å². The van der Waals surface area contributed by atoms with Crippen LogP contribution in [-0.4, -0.2) is 68.5 Å². The zero-order valence-corrected chi connectivity index (χ0v) is 49.9. The van der Waals surface area contributed by atoms with Gasteiger partial charge in [0.1, 0.15) is 13.2 Å². The fraction of sp³-hybridized carbons (Fsp3) is 0.769. The summed E-state index contributed by atoms with van der Waals surface area (Å²) in [5.41, 5.74) is 0. The summed E-state index contributed by atoms with van der Waals surface area (Å²) in [6.45, 7) is 4.62. The number of carbonyl (C=O) groups is 1. The highest BCUT2D eigenvalue weighted by molar-refractivity contribution is 7.45. The zero-order valence-electron chi connectivity index (χ0n) is 49.0. The number of quaternary nitrogens is 1. The quantitative estimate of drug-likeness (QED) is 0.0272. The SMILES string of the molecule is CC/C=C\C/C=C\C/C=C\C/C=C\C/C=C\C/C=C\C/C=C\CCCCCCCCCCCCCCCC(=O)NC(COP(=O)([O-])OCC[N+](C)(C)C)C(O)CCCCCCCCCCCCCCCCCCC. The third-order valence-corrected chi connectivity index (χ3v) is 14.6. The lowest BCUT2D eigenvalue weighted by atomic mass is 10.0. The molecule has 0 saturated carbocycles. The van der Waals surface area contributed by atoms with Crippen LogP contribution in [-0.2, 0) is 18.4 Å². The lowest BCUT2D eigenvalue weighted by molar-refractivity contribution is -0.870. The number of likely N-dealkylation sites (N-methyl/N-ethyl adjacent to an activating group) is 1. The Balaban J connectivity index is 4.07. The Hall–Kier alpha value is -2.32. The first-order valence-electron chi connectivity index (χ1n) is 30.9. The number of hydrogen-bond donors (Lipinski definition) is 2. The van der Waals surface area contributed by atoms with Crippen LogP contribution in [0.25, 0.3) is 0 Å². The van der Waals surface area contributed by atoms with Gasteiger partial charge in [0.15, 0.2) is 0 Å². The number of unbranched alkanes of at least 4 members (excludes halogenated alkanes) is 29. The number of phosphoric acid groups is 1. The molecule has 0 spiro atoms. The number of allylic oxidation sites excluding steroid dienone is 14. The summed E-state index contributed by atoms with van der Waals surface area (Å²) in [5, 5.41) is 14.0. The van der Waals surface area contributed by atoms with Gasteiger partial charge in [-0.25, -0.2) is 0 Å². The van der Waals surface area contributed by atoms with E-state index in [1.54, 1.807) is 0 Å². The number of carbonyl (C=O) groups excluding carboxylic acids is 1. The summed E-state index contributed by atoms with van der Waals surface area (Å²) >= 11 is 0. The topological polar surface area (TPSA) is 108 Å². The average Bonchev–Trinajstić information content (AvgIpc) is 3.36. The second-order valence-electron chi connectivity index (χ2n) is 22.0. The number of amides is 1. The normalized spacial score (nSPS) is 14.4. The van der Waals surface area contributed by atoms with Gasteiger partial charge in [0.2, 0.25) is 5.91 Å². The zero-order chi connectivity index (χ0) is 54.2. The molecule has 0 radical (unpaired) electrons. The summed E-state index contributed by atoms with van der Waals surface area (Å²) in [6.07, 6.45) is 77.6. The minimum Gasteiger partial charge on any atom is -0.756 e. The Kier molecular flexibility index (Phi) is 53.7. The van der Waals surface area contributed by atoms with Crippen molar-refractivity contribution in [2.45, 2.75) is 283 Å². The van der Waals surface area contributed by atoms with Gasteiger partial charge < -0.3 is 28.8 Å². The van der Waals surface area contributed by atoms with E-state index in [2.05, 4.69) is 104 Å². The van der Waals surface area contributed by atoms with E-state index in [0.29, 0.717) is 23.9 Å². The molecule has 0 bridgehead atoms. The molecule has 8 nitrogen and oxygen atoms in total. The van der Waals surface area contributed by atoms with Crippen LogP contribution in [0.3, 0.4) is 0 Å². The first-order chi connectivity index (χ1) is 36.0. The molecule has 0 aliphatic rings. The molecule has 0 aliphatic heterocycles. The monoisotopic (exact) mass is 1050 g/mol. The van der Waals surface area contributed by atoms with Crippen LogP contribution in [0.4, 0.5) is 0 Å². The van der Waals surface area contributed by atoms with Crippen molar-refractivity contribution in [2.75, 3.05) is 40.9 Å². The predicted molar refractivity (Wildman–Crippen MR) is 320 cm³/mol. The maximum atomic E-state index is 13.0. The van der Waals surface area contributed by atoms with Gasteiger partial charge >= 0.3 is 0 Å². The lowest BCUT2D eigenvalue weighted by Crippen LogP contribution is -2.46. The number of nitrogens with zero attached hydrogens (tertiary/aromatic N) is 1. The van der Waals surface area contributed by atoms with E-state index in [1.807, 2.05) is 21.1 Å². The second-order valence-corrected chi connectivity index (χ2v) is 23.4. The molecule has 3 unspecified atom stereocenters. The highest BCUT2D eigenvalue weighted by atomic mass is 31.2. The maximum Gasteiger partial charge on any atom is 0.268 e. The molecule has 74 heavy (non-hydrogen) atoms. The Labute approximate surface area is 458 Å². The standard InChI is InChI=1S/C65H119N2O6P/c1-6-8-10-12-14-16-18-20-22-24-25-26-27-28-29-30-31-32-33-34-35-36-37-38-39-40-41-43-45-47-49-51-53-55-57-59-65(69)66-63(62-73-74(70,71)72-61-60-67(3,4)5)64(68)58-56-54-52-50-48-46-44-42-23-21-19-17-15-13-11-9-7-2/h8,10,14,16,20,22,25-26,28-29,31-32,34-35,63-64,68H,6-7,9,11-13,15,17-19,21,23-24,27,30,33,36-62H2,1-5H3,(H-,66,69,70,71)/b10-8-,16-14-,22-20-,26-25-,29-28-,32-31-,35-34-. The molecule has 430 valence electrons. The van der Waals surface area contributed by atoms with Gasteiger partial charge in [0.25, 0.3) is 7.82 Å². The molecule has 0 fully saturated rings. The molecule has 0 aromatic heterocycles. The molecule has 0 saturated heterocycles. The second kappa shape index (κ2) is 55.4. The van der Waals surface area contributed by atoms with Crippen LogP contribution in [0.5, 0.6) is 0 Å². The van der Waals surface area contributed by atoms with E-state index < -0.39 is 20.0 Å². The minimum absolute atomic E-state index is 0.00982. The van der Waals surface area contributed by atoms with E-state index >= 15 is 0 Å². The van der Waals surface area contributed by atoms with Gasteiger partial charge in [0.05, 0.1) is 39.9 Å². The molecule has 2 N–H and O–H groups in total. The van der Waals surface area contributed by atoms with Gasteiger partial charge in [0, 0.05) is 6.42 Å². The van der Waals surface area contributed by atoms with E-state index in [-0.39, 0.29) is 19.1 Å². The fourth-order valence-electron chi connectivity index (χ4n) is 8.85. The van der Waals surface area contributed by atoms with Crippen LogP contribution in [0.15, 0.2) is 85.1 Å². The number of nitrogens with one attached hydrogen (secondary N) is 1. The molecule has 0 aromatic rings. The largest absolute Gasteiger partial charge is 0.756 e. The van der Waals surface area contributed by atoms with Crippen molar-refractivity contribution in [3.8, 4) is 0 Å². The third kappa shape index (κ3) is 57.4. The number of hydrogen-bond acceptors (Lipinski definition) is 6. The maximum absolute atomic E-state index is 13.0. The third-order valence-electron chi connectivity index (χ3n) is 13.6. The Morgan fingerprint density at radius 1 is 0.486 bits per heavy atom. The predicted octanol–water partition coefficient (Wildman–Crippen LogP) is 18.6. The first kappa shape index (κ1) is 71.7. The van der Waals surface area contributed by atoms with Gasteiger partial charge in [-0.2, -0.15) is 0 Å². The first-order valence-corrected chi connectivity index (χ1v) is 32.4. The molecule has 0 aliphatic carbocycles. The summed E-state index contributed by atoms with van der Waals surface area (Å²) in [7, 11) is 1.30. The molecule has 9 heteroatoms. The van der Waals surface area contributed by atoms with E-state index in [4.69, 9.17) is 9.05 Å². The number of phosphoric ester groups is 1. The molecule has 0 rings (SSSR count).